The fourth-order valence-electron chi connectivity index (χ4n) is 9.24. The zero-order chi connectivity index (χ0) is 59.9. The Bertz CT molecular complexity index is 1800. The van der Waals surface area contributed by atoms with Crippen LogP contribution in [-0.4, -0.2) is 37.2 Å². The SMILES string of the molecule is CC/C=C\C/C=C\C/C=C\C/C=C\C/C=C\CCCC(=O)OC(COC(=O)CCCC/C=C\C/C=C\C/C=C\C/C=C\CC)COC(=O)CCCCCCCCCCCCCCCCCCCC/C=C\C/C=C\C/C=C\CCCCCCC. The number of esters is 3. The Kier molecular flexibility index (Phi) is 65.8. The molecule has 83 heavy (non-hydrogen) atoms. The highest BCUT2D eigenvalue weighted by Crippen LogP contribution is 2.16. The largest absolute Gasteiger partial charge is 0.462 e. The lowest BCUT2D eigenvalue weighted by molar-refractivity contribution is -0.167. The van der Waals surface area contributed by atoms with Crippen LogP contribution in [0.25, 0.3) is 0 Å². The van der Waals surface area contributed by atoms with E-state index in [2.05, 4.69) is 167 Å². The molecule has 0 aliphatic heterocycles. The normalized spacial score (nSPS) is 13.0. The minimum atomic E-state index is -0.831. The zero-order valence-corrected chi connectivity index (χ0v) is 53.9. The zero-order valence-electron chi connectivity index (χ0n) is 53.9. The van der Waals surface area contributed by atoms with Gasteiger partial charge in [0.25, 0.3) is 0 Å². The van der Waals surface area contributed by atoms with Gasteiger partial charge in [-0.15, -0.1) is 0 Å². The lowest BCUT2D eigenvalue weighted by atomic mass is 10.0. The molecular weight excluding hydrogens is 1020 g/mol. The van der Waals surface area contributed by atoms with Crippen LogP contribution in [0.1, 0.15) is 303 Å². The van der Waals surface area contributed by atoms with Crippen molar-refractivity contribution >= 4 is 17.9 Å². The molecule has 0 heterocycles. The van der Waals surface area contributed by atoms with E-state index in [1.54, 1.807) is 0 Å². The molecule has 0 aromatic rings. The van der Waals surface area contributed by atoms with Crippen molar-refractivity contribution in [2.75, 3.05) is 13.2 Å². The van der Waals surface area contributed by atoms with Gasteiger partial charge >= 0.3 is 17.9 Å². The Morgan fingerprint density at radius 1 is 0.253 bits per heavy atom. The molecule has 1 unspecified atom stereocenters. The summed E-state index contributed by atoms with van der Waals surface area (Å²) in [5.41, 5.74) is 0. The molecule has 0 aliphatic rings. The van der Waals surface area contributed by atoms with Gasteiger partial charge in [0.05, 0.1) is 0 Å². The van der Waals surface area contributed by atoms with Crippen molar-refractivity contribution < 1.29 is 28.6 Å². The maximum atomic E-state index is 12.9. The lowest BCUT2D eigenvalue weighted by Gasteiger charge is -2.18. The van der Waals surface area contributed by atoms with E-state index >= 15 is 0 Å². The first-order chi connectivity index (χ1) is 41.0. The summed E-state index contributed by atoms with van der Waals surface area (Å²) in [5, 5.41) is 0. The molecule has 0 aromatic carbocycles. The summed E-state index contributed by atoms with van der Waals surface area (Å²) in [5.74, 6) is -1.02. The molecule has 0 rings (SSSR count). The summed E-state index contributed by atoms with van der Waals surface area (Å²) >= 11 is 0. The first kappa shape index (κ1) is 78.3. The predicted octanol–water partition coefficient (Wildman–Crippen LogP) is 23.9. The molecule has 0 saturated heterocycles. The summed E-state index contributed by atoms with van der Waals surface area (Å²) in [4.78, 5) is 38.3. The minimum absolute atomic E-state index is 0.117. The van der Waals surface area contributed by atoms with Gasteiger partial charge < -0.3 is 14.2 Å². The van der Waals surface area contributed by atoms with E-state index in [1.165, 1.54) is 141 Å². The molecule has 0 radical (unpaired) electrons. The summed E-state index contributed by atoms with van der Waals surface area (Å²) < 4.78 is 16.8. The van der Waals surface area contributed by atoms with Gasteiger partial charge in [0, 0.05) is 19.3 Å². The van der Waals surface area contributed by atoms with Gasteiger partial charge in [0.2, 0.25) is 0 Å². The fraction of sp³-hybridized carbons (Fsp3) is 0.649. The van der Waals surface area contributed by atoms with Crippen molar-refractivity contribution in [1.29, 1.82) is 0 Å². The molecule has 470 valence electrons. The highest BCUT2D eigenvalue weighted by atomic mass is 16.6. The van der Waals surface area contributed by atoms with E-state index in [1.807, 2.05) is 0 Å². The van der Waals surface area contributed by atoms with Crippen molar-refractivity contribution in [2.45, 2.75) is 309 Å². The molecule has 0 saturated carbocycles. The molecular formula is C77H126O6. The minimum Gasteiger partial charge on any atom is -0.462 e. The maximum absolute atomic E-state index is 12.9. The number of hydrogen-bond acceptors (Lipinski definition) is 6. The van der Waals surface area contributed by atoms with Crippen LogP contribution < -0.4 is 0 Å². The van der Waals surface area contributed by atoms with Crippen LogP contribution in [0.15, 0.2) is 146 Å². The summed E-state index contributed by atoms with van der Waals surface area (Å²) in [6.45, 7) is 6.33. The molecule has 6 nitrogen and oxygen atoms in total. The van der Waals surface area contributed by atoms with Gasteiger partial charge in [-0.2, -0.15) is 0 Å². The smallest absolute Gasteiger partial charge is 0.306 e. The van der Waals surface area contributed by atoms with E-state index in [-0.39, 0.29) is 44.0 Å². The first-order valence-electron chi connectivity index (χ1n) is 34.3. The van der Waals surface area contributed by atoms with Crippen LogP contribution in [0.4, 0.5) is 0 Å². The highest BCUT2D eigenvalue weighted by molar-refractivity contribution is 5.71. The van der Waals surface area contributed by atoms with Crippen molar-refractivity contribution in [3.05, 3.63) is 146 Å². The average Bonchev–Trinajstić information content (AvgIpc) is 3.49. The summed E-state index contributed by atoms with van der Waals surface area (Å²) in [7, 11) is 0. The molecule has 0 spiro atoms. The van der Waals surface area contributed by atoms with Crippen molar-refractivity contribution in [3.63, 3.8) is 0 Å². The molecule has 0 fully saturated rings. The highest BCUT2D eigenvalue weighted by Gasteiger charge is 2.19. The Labute approximate surface area is 512 Å². The van der Waals surface area contributed by atoms with Gasteiger partial charge in [-0.25, -0.2) is 0 Å². The van der Waals surface area contributed by atoms with Crippen molar-refractivity contribution in [1.82, 2.24) is 0 Å². The lowest BCUT2D eigenvalue weighted by Crippen LogP contribution is -2.30. The second kappa shape index (κ2) is 69.8. The average molecular weight is 1150 g/mol. The molecule has 0 N–H and O–H groups in total. The third kappa shape index (κ3) is 68.0. The molecule has 0 aliphatic carbocycles. The molecule has 0 bridgehead atoms. The number of ether oxygens (including phenoxy) is 3. The number of carbonyl (C=O) groups excluding carboxylic acids is 3. The molecule has 0 amide bonds. The predicted molar refractivity (Wildman–Crippen MR) is 362 cm³/mol. The van der Waals surface area contributed by atoms with E-state index in [0.717, 1.165) is 109 Å². The van der Waals surface area contributed by atoms with Crippen LogP contribution in [-0.2, 0) is 28.6 Å². The van der Waals surface area contributed by atoms with Crippen LogP contribution in [0.2, 0.25) is 0 Å². The quantitative estimate of drug-likeness (QED) is 0.0261. The van der Waals surface area contributed by atoms with Crippen LogP contribution in [0, 0.1) is 0 Å². The second-order valence-corrected chi connectivity index (χ2v) is 22.3. The number of hydrogen-bond donors (Lipinski definition) is 0. The second-order valence-electron chi connectivity index (χ2n) is 22.3. The van der Waals surface area contributed by atoms with E-state index in [9.17, 15) is 14.4 Å². The van der Waals surface area contributed by atoms with Gasteiger partial charge in [-0.1, -0.05) is 295 Å². The Balaban J connectivity index is 4.29. The number of allylic oxidation sites excluding steroid dienone is 24. The first-order valence-corrected chi connectivity index (χ1v) is 34.3. The van der Waals surface area contributed by atoms with Crippen LogP contribution in [0.5, 0.6) is 0 Å². The van der Waals surface area contributed by atoms with Gasteiger partial charge in [-0.3, -0.25) is 14.4 Å². The third-order valence-corrected chi connectivity index (χ3v) is 14.3. The van der Waals surface area contributed by atoms with E-state index < -0.39 is 6.10 Å². The van der Waals surface area contributed by atoms with E-state index in [0.29, 0.717) is 19.3 Å². The summed E-state index contributed by atoms with van der Waals surface area (Å²) in [6, 6.07) is 0. The van der Waals surface area contributed by atoms with Gasteiger partial charge in [-0.05, 0) is 135 Å². The monoisotopic (exact) mass is 1150 g/mol. The Hall–Kier alpha value is -4.71. The number of unbranched alkanes of at least 4 members (excludes halogenated alkanes) is 26. The third-order valence-electron chi connectivity index (χ3n) is 14.3. The van der Waals surface area contributed by atoms with Crippen molar-refractivity contribution in [2.24, 2.45) is 0 Å². The van der Waals surface area contributed by atoms with Gasteiger partial charge in [0.15, 0.2) is 6.10 Å². The maximum Gasteiger partial charge on any atom is 0.306 e. The number of rotatable bonds is 61. The number of carbonyl (C=O) groups is 3. The Morgan fingerprint density at radius 2 is 0.482 bits per heavy atom. The topological polar surface area (TPSA) is 78.9 Å². The molecule has 6 heteroatoms. The summed E-state index contributed by atoms with van der Waals surface area (Å²) in [6.07, 6.45) is 100. The Morgan fingerprint density at radius 3 is 0.795 bits per heavy atom. The molecule has 1 atom stereocenters. The van der Waals surface area contributed by atoms with Crippen LogP contribution >= 0.6 is 0 Å². The van der Waals surface area contributed by atoms with Crippen LogP contribution in [0.3, 0.4) is 0 Å². The molecule has 0 aromatic heterocycles. The van der Waals surface area contributed by atoms with Crippen molar-refractivity contribution in [3.8, 4) is 0 Å². The standard InChI is InChI=1S/C77H126O6/c1-4-7-10-13-16-19-22-25-28-30-31-32-33-34-35-36-37-38-39-40-41-42-43-44-45-47-49-52-55-58-61-64-67-70-76(79)82-73-74(72-81-75(78)69-66-63-60-57-54-51-48-27-24-21-18-15-12-9-6-3)83-77(80)71-68-65-62-59-56-53-50-46-29-26-23-20-17-14-11-8-5-2/h8-9,11-12,17-18,20-22,25-27,29-31,33-34,48,50,53-54,57,59,62,74H,4-7,10,13-16,19,23-24,28,32,35-47,49,51-52,55-56,58,60-61,63-73H2,1-3H3/b11-8-,12-9-,20-17-,21-18-,25-22-,29-26-,31-30-,34-33-,48-27-,53-50-,57-54-,62-59-. The van der Waals surface area contributed by atoms with Gasteiger partial charge in [0.1, 0.15) is 13.2 Å². The van der Waals surface area contributed by atoms with E-state index in [4.69, 9.17) is 14.2 Å². The fourth-order valence-corrected chi connectivity index (χ4v) is 9.24.